The number of nitrogens with zero attached hydrogens (tertiary/aromatic N) is 3. The minimum absolute atomic E-state index is 0.109. The topological polar surface area (TPSA) is 67.9 Å². The maximum atomic E-state index is 13.1. The Hall–Kier alpha value is -3.60. The van der Waals surface area contributed by atoms with Crippen LogP contribution in [0.2, 0.25) is 5.02 Å². The number of fused-ring (bicyclic) bond motifs is 2. The molecule has 128 valence electrons. The molecule has 0 saturated heterocycles. The molecule has 0 saturated carbocycles. The number of rotatable bonds is 2. The third-order valence-corrected chi connectivity index (χ3v) is 4.89. The number of nitriles is 2. The van der Waals surface area contributed by atoms with Crippen LogP contribution in [0.1, 0.15) is 11.1 Å². The number of benzene rings is 3. The van der Waals surface area contributed by atoms with E-state index in [-0.39, 0.29) is 17.1 Å². The number of hydrogen-bond donors (Lipinski definition) is 0. The average molecular weight is 370 g/mol. The molecule has 1 aliphatic rings. The molecule has 0 aromatic heterocycles. The molecule has 4 rings (SSSR count). The Morgan fingerprint density at radius 3 is 2.52 bits per heavy atom. The molecule has 0 aliphatic carbocycles. The van der Waals surface area contributed by atoms with E-state index >= 15 is 0 Å². The van der Waals surface area contributed by atoms with Crippen LogP contribution in [0.3, 0.4) is 0 Å². The summed E-state index contributed by atoms with van der Waals surface area (Å²) in [7, 11) is 0. The summed E-state index contributed by atoms with van der Waals surface area (Å²) in [5.74, 6) is -0.363. The first-order chi connectivity index (χ1) is 13.1. The van der Waals surface area contributed by atoms with Gasteiger partial charge >= 0.3 is 0 Å². The Morgan fingerprint density at radius 2 is 1.74 bits per heavy atom. The minimum atomic E-state index is -0.363. The Labute approximate surface area is 161 Å². The van der Waals surface area contributed by atoms with Gasteiger partial charge in [-0.15, -0.1) is 0 Å². The van der Waals surface area contributed by atoms with E-state index in [1.54, 1.807) is 23.1 Å². The lowest BCUT2D eigenvalue weighted by Crippen LogP contribution is -2.26. The molecule has 0 N–H and O–H groups in total. The maximum absolute atomic E-state index is 13.1. The highest BCUT2D eigenvalue weighted by atomic mass is 35.5. The van der Waals surface area contributed by atoms with Gasteiger partial charge < -0.3 is 4.90 Å². The van der Waals surface area contributed by atoms with Gasteiger partial charge in [-0.25, -0.2) is 0 Å². The van der Waals surface area contributed by atoms with Gasteiger partial charge in [0.1, 0.15) is 17.7 Å². The maximum Gasteiger partial charge on any atom is 0.261 e. The second-order valence-corrected chi connectivity index (χ2v) is 6.60. The summed E-state index contributed by atoms with van der Waals surface area (Å²) in [4.78, 5) is 14.7. The first kappa shape index (κ1) is 16.8. The van der Waals surface area contributed by atoms with E-state index in [9.17, 15) is 15.3 Å². The minimum Gasteiger partial charge on any atom is -0.303 e. The highest BCUT2D eigenvalue weighted by molar-refractivity contribution is 6.36. The van der Waals surface area contributed by atoms with Crippen LogP contribution >= 0.6 is 11.6 Å². The van der Waals surface area contributed by atoms with Crippen molar-refractivity contribution in [3.63, 3.8) is 0 Å². The van der Waals surface area contributed by atoms with Crippen LogP contribution in [0.25, 0.3) is 16.3 Å². The van der Waals surface area contributed by atoms with Crippen molar-refractivity contribution < 1.29 is 4.79 Å². The Morgan fingerprint density at radius 1 is 1.00 bits per heavy atom. The van der Waals surface area contributed by atoms with Crippen LogP contribution in [-0.2, 0) is 11.3 Å². The molecular formula is C22H12ClN3O. The van der Waals surface area contributed by atoms with E-state index in [1.807, 2.05) is 54.6 Å². The molecule has 0 radical (unpaired) electrons. The van der Waals surface area contributed by atoms with Crippen LogP contribution in [-0.4, -0.2) is 5.91 Å². The van der Waals surface area contributed by atoms with Gasteiger partial charge in [-0.1, -0.05) is 54.1 Å². The molecule has 5 heteroatoms. The summed E-state index contributed by atoms with van der Waals surface area (Å²) in [6.07, 6.45) is 0. The summed E-state index contributed by atoms with van der Waals surface area (Å²) < 4.78 is 0. The Bertz CT molecular complexity index is 1190. The summed E-state index contributed by atoms with van der Waals surface area (Å²) in [5, 5.41) is 21.2. The van der Waals surface area contributed by atoms with Crippen molar-refractivity contribution in [1.82, 2.24) is 0 Å². The number of carbonyl (C=O) groups excluding carboxylic acids is 1. The van der Waals surface area contributed by atoms with Crippen LogP contribution in [0.4, 0.5) is 5.69 Å². The fourth-order valence-corrected chi connectivity index (χ4v) is 3.61. The van der Waals surface area contributed by atoms with Crippen molar-refractivity contribution in [3.8, 4) is 12.1 Å². The van der Waals surface area contributed by atoms with Gasteiger partial charge in [0.25, 0.3) is 5.91 Å². The molecule has 4 nitrogen and oxygen atoms in total. The van der Waals surface area contributed by atoms with E-state index in [0.717, 1.165) is 16.3 Å². The molecule has 1 amide bonds. The zero-order valence-corrected chi connectivity index (χ0v) is 14.9. The predicted octanol–water partition coefficient (Wildman–Crippen LogP) is 4.84. The summed E-state index contributed by atoms with van der Waals surface area (Å²) in [6, 6.07) is 22.6. The van der Waals surface area contributed by atoms with Gasteiger partial charge in [0.15, 0.2) is 0 Å². The fraction of sp³-hybridized carbons (Fsp3) is 0.0455. The number of halogens is 1. The second-order valence-electron chi connectivity index (χ2n) is 6.16. The van der Waals surface area contributed by atoms with Crippen LogP contribution in [0.15, 0.2) is 66.2 Å². The van der Waals surface area contributed by atoms with Gasteiger partial charge in [0.2, 0.25) is 0 Å². The number of allylic oxidation sites excluding steroid dienone is 1. The van der Waals surface area contributed by atoms with Crippen molar-refractivity contribution in [2.45, 2.75) is 6.54 Å². The monoisotopic (exact) mass is 369 g/mol. The van der Waals surface area contributed by atoms with Gasteiger partial charge in [0, 0.05) is 10.6 Å². The highest BCUT2D eigenvalue weighted by Crippen LogP contribution is 2.41. The van der Waals surface area contributed by atoms with Crippen LogP contribution < -0.4 is 4.90 Å². The molecule has 0 spiro atoms. The lowest BCUT2D eigenvalue weighted by Gasteiger charge is -2.18. The summed E-state index contributed by atoms with van der Waals surface area (Å²) in [6.45, 7) is 0.336. The third kappa shape index (κ3) is 2.73. The number of carbonyl (C=O) groups is 1. The molecule has 1 aliphatic heterocycles. The first-order valence-corrected chi connectivity index (χ1v) is 8.64. The lowest BCUT2D eigenvalue weighted by atomic mass is 10.0. The average Bonchev–Trinajstić information content (AvgIpc) is 2.95. The second kappa shape index (κ2) is 6.61. The van der Waals surface area contributed by atoms with Crippen molar-refractivity contribution in [2.24, 2.45) is 0 Å². The quantitative estimate of drug-likeness (QED) is 0.479. The molecule has 3 aromatic carbocycles. The molecule has 0 unspecified atom stereocenters. The van der Waals surface area contributed by atoms with Crippen molar-refractivity contribution in [3.05, 3.63) is 82.4 Å². The Kier molecular flexibility index (Phi) is 4.12. The number of amides is 1. The first-order valence-electron chi connectivity index (χ1n) is 8.27. The van der Waals surface area contributed by atoms with E-state index in [2.05, 4.69) is 0 Å². The summed E-state index contributed by atoms with van der Waals surface area (Å²) >= 11 is 6.10. The molecular weight excluding hydrogens is 358 g/mol. The van der Waals surface area contributed by atoms with Gasteiger partial charge in [0.05, 0.1) is 17.8 Å². The van der Waals surface area contributed by atoms with Crippen LogP contribution in [0, 0.1) is 22.7 Å². The molecule has 1 heterocycles. The highest BCUT2D eigenvalue weighted by Gasteiger charge is 2.35. The number of anilines is 1. The predicted molar refractivity (Wildman–Crippen MR) is 105 cm³/mol. The van der Waals surface area contributed by atoms with Crippen molar-refractivity contribution in [2.75, 3.05) is 4.90 Å². The third-order valence-electron chi connectivity index (χ3n) is 4.66. The van der Waals surface area contributed by atoms with E-state index in [4.69, 9.17) is 11.6 Å². The molecule has 3 aromatic rings. The van der Waals surface area contributed by atoms with E-state index < -0.39 is 0 Å². The van der Waals surface area contributed by atoms with E-state index in [0.29, 0.717) is 22.8 Å². The standard InChI is InChI=1S/C22H12ClN3O/c23-17-8-9-20-19(10-17)21(16(11-24)12-25)22(27)26(20)13-15-6-3-5-14-4-1-2-7-18(14)15/h1-10H,13H2. The summed E-state index contributed by atoms with van der Waals surface area (Å²) in [5.41, 5.74) is 2.06. The van der Waals surface area contributed by atoms with Gasteiger partial charge in [-0.05, 0) is 34.5 Å². The Balaban J connectivity index is 1.88. The van der Waals surface area contributed by atoms with Crippen LogP contribution in [0.5, 0.6) is 0 Å². The fourth-order valence-electron chi connectivity index (χ4n) is 3.44. The van der Waals surface area contributed by atoms with Gasteiger partial charge in [-0.3, -0.25) is 4.79 Å². The zero-order valence-electron chi connectivity index (χ0n) is 14.1. The largest absolute Gasteiger partial charge is 0.303 e. The van der Waals surface area contributed by atoms with Crippen molar-refractivity contribution in [1.29, 1.82) is 10.5 Å². The normalized spacial score (nSPS) is 12.6. The zero-order chi connectivity index (χ0) is 19.0. The smallest absolute Gasteiger partial charge is 0.261 e. The molecule has 0 atom stereocenters. The number of hydrogen-bond acceptors (Lipinski definition) is 3. The van der Waals surface area contributed by atoms with Gasteiger partial charge in [-0.2, -0.15) is 10.5 Å². The lowest BCUT2D eigenvalue weighted by molar-refractivity contribution is -0.113. The molecule has 27 heavy (non-hydrogen) atoms. The molecule has 0 bridgehead atoms. The van der Waals surface area contributed by atoms with E-state index in [1.165, 1.54) is 0 Å². The molecule has 0 fully saturated rings. The van der Waals surface area contributed by atoms with Crippen molar-refractivity contribution >= 4 is 39.5 Å². The SMILES string of the molecule is N#CC(C#N)=C1C(=O)N(Cc2cccc3ccccc23)c2ccc(Cl)cc21.